The summed E-state index contributed by atoms with van der Waals surface area (Å²) in [5.41, 5.74) is 2.35. The Morgan fingerprint density at radius 2 is 2.29 bits per heavy atom. The van der Waals surface area contributed by atoms with Crippen molar-refractivity contribution in [2.45, 2.75) is 19.4 Å². The van der Waals surface area contributed by atoms with Gasteiger partial charge in [-0.05, 0) is 24.6 Å². The average molecular weight is 286 g/mol. The second-order valence-corrected chi connectivity index (χ2v) is 5.27. The van der Waals surface area contributed by atoms with Crippen molar-refractivity contribution in [1.29, 1.82) is 0 Å². The number of carbonyl (C=O) groups is 2. The van der Waals surface area contributed by atoms with Crippen LogP contribution in [-0.4, -0.2) is 45.4 Å². The van der Waals surface area contributed by atoms with E-state index in [0.717, 1.165) is 11.0 Å². The number of imidazole rings is 1. The molecule has 3 rings (SSSR count). The van der Waals surface area contributed by atoms with Gasteiger partial charge in [-0.2, -0.15) is 0 Å². The first-order valence-electron chi connectivity index (χ1n) is 7.11. The highest BCUT2D eigenvalue weighted by Gasteiger charge is 2.32. The molecule has 1 aromatic carbocycles. The van der Waals surface area contributed by atoms with E-state index in [2.05, 4.69) is 10.3 Å². The van der Waals surface area contributed by atoms with Crippen LogP contribution in [0.25, 0.3) is 11.0 Å². The molecular formula is C15H18N4O2. The van der Waals surface area contributed by atoms with Crippen molar-refractivity contribution in [1.82, 2.24) is 19.8 Å². The average Bonchev–Trinajstić information content (AvgIpc) is 2.87. The van der Waals surface area contributed by atoms with Gasteiger partial charge in [0, 0.05) is 25.7 Å². The van der Waals surface area contributed by atoms with Crippen LogP contribution < -0.4 is 5.32 Å². The lowest BCUT2D eigenvalue weighted by Gasteiger charge is -2.34. The minimum absolute atomic E-state index is 0.0731. The molecule has 6 heteroatoms. The number of carbonyl (C=O) groups excluding carboxylic acids is 2. The molecule has 1 N–H and O–H groups in total. The lowest BCUT2D eigenvalue weighted by atomic mass is 10.1. The molecule has 1 aliphatic rings. The van der Waals surface area contributed by atoms with E-state index in [0.29, 0.717) is 25.1 Å². The highest BCUT2D eigenvalue weighted by atomic mass is 16.2. The van der Waals surface area contributed by atoms with Crippen molar-refractivity contribution < 1.29 is 9.59 Å². The number of fused-ring (bicyclic) bond motifs is 1. The highest BCUT2D eigenvalue weighted by Crippen LogP contribution is 2.18. The fourth-order valence-electron chi connectivity index (χ4n) is 2.80. The lowest BCUT2D eigenvalue weighted by Crippen LogP contribution is -2.56. The Balaban J connectivity index is 1.93. The summed E-state index contributed by atoms with van der Waals surface area (Å²) in [7, 11) is 1.92. The fraction of sp³-hybridized carbons (Fsp3) is 0.400. The second-order valence-electron chi connectivity index (χ2n) is 5.27. The molecule has 1 fully saturated rings. The number of hydrogen-bond acceptors (Lipinski definition) is 3. The third kappa shape index (κ3) is 2.26. The minimum Gasteiger partial charge on any atom is -0.353 e. The van der Waals surface area contributed by atoms with Gasteiger partial charge >= 0.3 is 0 Å². The van der Waals surface area contributed by atoms with Crippen LogP contribution in [0.4, 0.5) is 0 Å². The van der Waals surface area contributed by atoms with Crippen LogP contribution in [0.2, 0.25) is 0 Å². The van der Waals surface area contributed by atoms with Crippen LogP contribution in [0.15, 0.2) is 24.5 Å². The molecule has 1 atom stereocenters. The van der Waals surface area contributed by atoms with Gasteiger partial charge in [0.1, 0.15) is 6.04 Å². The molecule has 2 heterocycles. The predicted molar refractivity (Wildman–Crippen MR) is 78.8 cm³/mol. The van der Waals surface area contributed by atoms with E-state index in [1.807, 2.05) is 24.6 Å². The van der Waals surface area contributed by atoms with Gasteiger partial charge in [-0.1, -0.05) is 6.92 Å². The molecule has 2 aromatic rings. The number of benzene rings is 1. The Morgan fingerprint density at radius 1 is 1.48 bits per heavy atom. The Hall–Kier alpha value is -2.37. The van der Waals surface area contributed by atoms with Gasteiger partial charge < -0.3 is 14.8 Å². The zero-order chi connectivity index (χ0) is 15.0. The molecule has 0 radical (unpaired) electrons. The number of amides is 2. The van der Waals surface area contributed by atoms with E-state index < -0.39 is 0 Å². The van der Waals surface area contributed by atoms with Crippen LogP contribution in [0.3, 0.4) is 0 Å². The van der Waals surface area contributed by atoms with Crippen LogP contribution >= 0.6 is 0 Å². The van der Waals surface area contributed by atoms with Gasteiger partial charge in [-0.15, -0.1) is 0 Å². The molecule has 0 bridgehead atoms. The van der Waals surface area contributed by atoms with Gasteiger partial charge in [0.2, 0.25) is 5.91 Å². The van der Waals surface area contributed by atoms with Gasteiger partial charge in [0.15, 0.2) is 0 Å². The fourth-order valence-corrected chi connectivity index (χ4v) is 2.80. The number of aryl methyl sites for hydroxylation is 1. The molecule has 1 aromatic heterocycles. The maximum Gasteiger partial charge on any atom is 0.254 e. The van der Waals surface area contributed by atoms with Crippen molar-refractivity contribution in [2.24, 2.45) is 7.05 Å². The molecule has 1 unspecified atom stereocenters. The summed E-state index contributed by atoms with van der Waals surface area (Å²) >= 11 is 0. The Morgan fingerprint density at radius 3 is 3.05 bits per heavy atom. The van der Waals surface area contributed by atoms with Crippen molar-refractivity contribution >= 4 is 22.8 Å². The monoisotopic (exact) mass is 286 g/mol. The molecule has 110 valence electrons. The van der Waals surface area contributed by atoms with Crippen LogP contribution in [0.1, 0.15) is 23.7 Å². The summed E-state index contributed by atoms with van der Waals surface area (Å²) in [5, 5.41) is 2.80. The summed E-state index contributed by atoms with van der Waals surface area (Å²) in [4.78, 5) is 30.5. The molecule has 1 saturated heterocycles. The van der Waals surface area contributed by atoms with E-state index in [4.69, 9.17) is 0 Å². The van der Waals surface area contributed by atoms with Crippen LogP contribution in [-0.2, 0) is 11.8 Å². The summed E-state index contributed by atoms with van der Waals surface area (Å²) in [6.45, 7) is 2.97. The van der Waals surface area contributed by atoms with E-state index in [1.54, 1.807) is 23.4 Å². The topological polar surface area (TPSA) is 67.2 Å². The Labute approximate surface area is 122 Å². The summed E-state index contributed by atoms with van der Waals surface area (Å²) in [6.07, 6.45) is 2.34. The number of piperazine rings is 1. The van der Waals surface area contributed by atoms with Gasteiger partial charge in [-0.25, -0.2) is 4.98 Å². The second kappa shape index (κ2) is 5.20. The summed E-state index contributed by atoms with van der Waals surface area (Å²) in [5.74, 6) is -0.180. The van der Waals surface area contributed by atoms with Crippen molar-refractivity contribution in [3.8, 4) is 0 Å². The van der Waals surface area contributed by atoms with Gasteiger partial charge in [0.25, 0.3) is 5.91 Å². The molecular weight excluding hydrogens is 268 g/mol. The van der Waals surface area contributed by atoms with E-state index >= 15 is 0 Å². The molecule has 21 heavy (non-hydrogen) atoms. The first kappa shape index (κ1) is 13.6. The Kier molecular flexibility index (Phi) is 3.37. The van der Waals surface area contributed by atoms with Gasteiger partial charge in [0.05, 0.1) is 17.4 Å². The third-order valence-electron chi connectivity index (χ3n) is 3.95. The maximum absolute atomic E-state index is 12.7. The highest BCUT2D eigenvalue weighted by molar-refractivity contribution is 6.00. The third-order valence-corrected chi connectivity index (χ3v) is 3.95. The zero-order valence-corrected chi connectivity index (χ0v) is 12.2. The Bertz CT molecular complexity index is 707. The number of nitrogens with one attached hydrogen (secondary N) is 1. The maximum atomic E-state index is 12.7. The summed E-state index contributed by atoms with van der Waals surface area (Å²) in [6, 6.07) is 5.09. The quantitative estimate of drug-likeness (QED) is 0.893. The number of nitrogens with zero attached hydrogens (tertiary/aromatic N) is 3. The van der Waals surface area contributed by atoms with Crippen molar-refractivity contribution in [3.63, 3.8) is 0 Å². The largest absolute Gasteiger partial charge is 0.353 e. The molecule has 0 aliphatic carbocycles. The molecule has 2 amide bonds. The van der Waals surface area contributed by atoms with E-state index in [-0.39, 0.29) is 17.9 Å². The molecule has 6 nitrogen and oxygen atoms in total. The first-order chi connectivity index (χ1) is 10.1. The number of aromatic nitrogens is 2. The van der Waals surface area contributed by atoms with Crippen LogP contribution in [0.5, 0.6) is 0 Å². The SMILES string of the molecule is CCC1C(=O)NCCN1C(=O)c1ccc2c(c1)ncn2C. The van der Waals surface area contributed by atoms with Crippen molar-refractivity contribution in [3.05, 3.63) is 30.1 Å². The molecule has 0 spiro atoms. The van der Waals surface area contributed by atoms with E-state index in [1.165, 1.54) is 0 Å². The standard InChI is InChI=1S/C15H18N4O2/c1-3-12-14(20)16-6-7-19(12)15(21)10-4-5-13-11(8-10)17-9-18(13)2/h4-5,8-9,12H,3,6-7H2,1-2H3,(H,16,20). The molecule has 1 aliphatic heterocycles. The normalized spacial score (nSPS) is 18.9. The predicted octanol–water partition coefficient (Wildman–Crippen LogP) is 0.924. The van der Waals surface area contributed by atoms with Gasteiger partial charge in [-0.3, -0.25) is 9.59 Å². The summed E-state index contributed by atoms with van der Waals surface area (Å²) < 4.78 is 1.91. The van der Waals surface area contributed by atoms with Crippen LogP contribution in [0, 0.1) is 0 Å². The lowest BCUT2D eigenvalue weighted by molar-refractivity contribution is -0.127. The number of hydrogen-bond donors (Lipinski definition) is 1. The smallest absolute Gasteiger partial charge is 0.254 e. The minimum atomic E-state index is -0.384. The molecule has 0 saturated carbocycles. The zero-order valence-electron chi connectivity index (χ0n) is 12.2. The van der Waals surface area contributed by atoms with E-state index in [9.17, 15) is 9.59 Å². The first-order valence-corrected chi connectivity index (χ1v) is 7.11. The number of rotatable bonds is 2. The van der Waals surface area contributed by atoms with Crippen molar-refractivity contribution in [2.75, 3.05) is 13.1 Å².